The molecule has 1 saturated heterocycles. The maximum absolute atomic E-state index is 11.0. The summed E-state index contributed by atoms with van der Waals surface area (Å²) in [5.74, 6) is 0.792. The van der Waals surface area contributed by atoms with Gasteiger partial charge in [-0.15, -0.1) is 11.3 Å². The maximum Gasteiger partial charge on any atom is 0.135 e. The second kappa shape index (κ2) is 5.06. The molecule has 0 aliphatic carbocycles. The molecule has 1 atom stereocenters. The molecule has 88 valence electrons. The summed E-state index contributed by atoms with van der Waals surface area (Å²) in [6, 6.07) is 0. The van der Waals surface area contributed by atoms with Gasteiger partial charge in [0.25, 0.3) is 0 Å². The number of carbonyl (C=O) groups is 1. The molecule has 0 amide bonds. The van der Waals surface area contributed by atoms with Crippen molar-refractivity contribution in [1.82, 2.24) is 9.88 Å². The van der Waals surface area contributed by atoms with Gasteiger partial charge < -0.3 is 4.90 Å². The Hall–Kier alpha value is -0.740. The number of rotatable bonds is 3. The van der Waals surface area contributed by atoms with Gasteiger partial charge in [0, 0.05) is 30.0 Å². The fourth-order valence-corrected chi connectivity index (χ4v) is 3.32. The first kappa shape index (κ1) is 11.7. The highest BCUT2D eigenvalue weighted by Crippen LogP contribution is 2.29. The van der Waals surface area contributed by atoms with E-state index in [-0.39, 0.29) is 5.78 Å². The van der Waals surface area contributed by atoms with E-state index in [2.05, 4.69) is 16.9 Å². The third-order valence-electron chi connectivity index (χ3n) is 2.97. The molecule has 0 bridgehead atoms. The van der Waals surface area contributed by atoms with Gasteiger partial charge in [-0.05, 0) is 33.4 Å². The van der Waals surface area contributed by atoms with Crippen molar-refractivity contribution in [1.29, 1.82) is 0 Å². The van der Waals surface area contributed by atoms with Crippen LogP contribution in [0.15, 0.2) is 6.20 Å². The summed E-state index contributed by atoms with van der Waals surface area (Å²) >= 11 is 1.71. The Balaban J connectivity index is 2.03. The minimum atomic E-state index is 0.218. The highest BCUT2D eigenvalue weighted by Gasteiger charge is 2.21. The van der Waals surface area contributed by atoms with E-state index in [1.807, 2.05) is 6.20 Å². The average molecular weight is 238 g/mol. The molecule has 1 aromatic heterocycles. The highest BCUT2D eigenvalue weighted by atomic mass is 32.1. The topological polar surface area (TPSA) is 33.2 Å². The lowest BCUT2D eigenvalue weighted by Crippen LogP contribution is -2.30. The molecule has 0 radical (unpaired) electrons. The molecule has 1 fully saturated rings. The molecular formula is C12H18N2OS. The van der Waals surface area contributed by atoms with Crippen LogP contribution in [0.2, 0.25) is 0 Å². The lowest BCUT2D eigenvalue weighted by Gasteiger charge is -2.28. The van der Waals surface area contributed by atoms with Gasteiger partial charge in [-0.1, -0.05) is 0 Å². The van der Waals surface area contributed by atoms with Crippen molar-refractivity contribution < 1.29 is 4.79 Å². The molecule has 4 heteroatoms. The maximum atomic E-state index is 11.0. The normalized spacial score (nSPS) is 22.2. The molecule has 2 heterocycles. The van der Waals surface area contributed by atoms with Gasteiger partial charge in [0.1, 0.15) is 5.78 Å². The van der Waals surface area contributed by atoms with E-state index in [0.717, 1.165) is 11.4 Å². The number of piperidine rings is 1. The molecule has 0 aromatic carbocycles. The number of hydrogen-bond acceptors (Lipinski definition) is 4. The Labute approximate surface area is 100 Å². The van der Waals surface area contributed by atoms with E-state index in [1.165, 1.54) is 24.4 Å². The summed E-state index contributed by atoms with van der Waals surface area (Å²) < 4.78 is 0. The van der Waals surface area contributed by atoms with Crippen LogP contribution >= 0.6 is 11.3 Å². The summed E-state index contributed by atoms with van der Waals surface area (Å²) in [6.45, 7) is 3.93. The molecule has 1 aliphatic heterocycles. The van der Waals surface area contributed by atoms with Crippen LogP contribution in [0.25, 0.3) is 0 Å². The van der Waals surface area contributed by atoms with Gasteiger partial charge in [0.2, 0.25) is 0 Å². The van der Waals surface area contributed by atoms with E-state index in [0.29, 0.717) is 12.3 Å². The van der Waals surface area contributed by atoms with Gasteiger partial charge in [0.15, 0.2) is 0 Å². The highest BCUT2D eigenvalue weighted by molar-refractivity contribution is 7.11. The number of aromatic nitrogens is 1. The predicted octanol–water partition coefficient (Wildman–Crippen LogP) is 2.08. The van der Waals surface area contributed by atoms with Gasteiger partial charge >= 0.3 is 0 Å². The van der Waals surface area contributed by atoms with Crippen molar-refractivity contribution in [2.45, 2.75) is 32.1 Å². The van der Waals surface area contributed by atoms with E-state index in [9.17, 15) is 4.79 Å². The molecule has 1 aliphatic rings. The number of ketones is 1. The van der Waals surface area contributed by atoms with Crippen LogP contribution in [0.5, 0.6) is 0 Å². The summed E-state index contributed by atoms with van der Waals surface area (Å²) in [6.07, 6.45) is 4.90. The zero-order chi connectivity index (χ0) is 11.5. The third kappa shape index (κ3) is 2.89. The third-order valence-corrected chi connectivity index (χ3v) is 4.13. The first-order valence-electron chi connectivity index (χ1n) is 5.77. The van der Waals surface area contributed by atoms with E-state index < -0.39 is 0 Å². The van der Waals surface area contributed by atoms with Crippen LogP contribution in [0.4, 0.5) is 0 Å². The van der Waals surface area contributed by atoms with E-state index in [1.54, 1.807) is 18.3 Å². The molecule has 0 spiro atoms. The van der Waals surface area contributed by atoms with Crippen molar-refractivity contribution in [3.05, 3.63) is 16.1 Å². The van der Waals surface area contributed by atoms with Crippen LogP contribution in [0.3, 0.4) is 0 Å². The van der Waals surface area contributed by atoms with Crippen LogP contribution in [-0.2, 0) is 11.2 Å². The smallest absolute Gasteiger partial charge is 0.135 e. The Morgan fingerprint density at radius 2 is 2.50 bits per heavy atom. The average Bonchev–Trinajstić information content (AvgIpc) is 2.65. The Kier molecular flexibility index (Phi) is 3.71. The molecular weight excluding hydrogens is 220 g/mol. The molecule has 1 aromatic rings. The standard InChI is InChI=1S/C12H18N2OS/c1-9(15)6-11-7-13-12(16-11)10-4-3-5-14(2)8-10/h7,10H,3-6,8H2,1-2H3. The fourth-order valence-electron chi connectivity index (χ4n) is 2.21. The summed E-state index contributed by atoms with van der Waals surface area (Å²) in [5.41, 5.74) is 0. The SMILES string of the molecule is CC(=O)Cc1cnc(C2CCCN(C)C2)s1. The molecule has 2 rings (SSSR count). The molecule has 3 nitrogen and oxygen atoms in total. The second-order valence-electron chi connectivity index (χ2n) is 4.64. The predicted molar refractivity (Wildman–Crippen MR) is 66.0 cm³/mol. The zero-order valence-electron chi connectivity index (χ0n) is 9.90. The quantitative estimate of drug-likeness (QED) is 0.808. The molecule has 16 heavy (non-hydrogen) atoms. The molecule has 0 saturated carbocycles. The first-order chi connectivity index (χ1) is 7.65. The Bertz CT molecular complexity index is 375. The number of nitrogens with zero attached hydrogens (tertiary/aromatic N) is 2. The number of hydrogen-bond donors (Lipinski definition) is 0. The van der Waals surface area contributed by atoms with Gasteiger partial charge in [-0.3, -0.25) is 4.79 Å². The van der Waals surface area contributed by atoms with E-state index >= 15 is 0 Å². The Morgan fingerprint density at radius 3 is 3.19 bits per heavy atom. The van der Waals surface area contributed by atoms with Gasteiger partial charge in [-0.25, -0.2) is 4.98 Å². The molecule has 1 unspecified atom stereocenters. The Morgan fingerprint density at radius 1 is 1.69 bits per heavy atom. The number of thiazole rings is 1. The summed E-state index contributed by atoms with van der Waals surface area (Å²) in [7, 11) is 2.16. The van der Waals surface area contributed by atoms with Crippen molar-refractivity contribution in [3.8, 4) is 0 Å². The minimum absolute atomic E-state index is 0.218. The van der Waals surface area contributed by atoms with Gasteiger partial charge in [-0.2, -0.15) is 0 Å². The molecule has 0 N–H and O–H groups in total. The number of carbonyl (C=O) groups excluding carboxylic acids is 1. The fraction of sp³-hybridized carbons (Fsp3) is 0.667. The lowest BCUT2D eigenvalue weighted by molar-refractivity contribution is -0.116. The largest absolute Gasteiger partial charge is 0.306 e. The van der Waals surface area contributed by atoms with Gasteiger partial charge in [0.05, 0.1) is 5.01 Å². The first-order valence-corrected chi connectivity index (χ1v) is 6.59. The number of likely N-dealkylation sites (tertiary alicyclic amines) is 1. The van der Waals surface area contributed by atoms with Crippen molar-refractivity contribution >= 4 is 17.1 Å². The number of likely N-dealkylation sites (N-methyl/N-ethyl adjacent to an activating group) is 1. The number of Topliss-reactive ketones (excluding diaryl/α,β-unsaturated/α-hetero) is 1. The van der Waals surface area contributed by atoms with Crippen LogP contribution in [0, 0.1) is 0 Å². The second-order valence-corrected chi connectivity index (χ2v) is 5.79. The minimum Gasteiger partial charge on any atom is -0.306 e. The van der Waals surface area contributed by atoms with Crippen LogP contribution in [-0.4, -0.2) is 35.8 Å². The monoisotopic (exact) mass is 238 g/mol. The van der Waals surface area contributed by atoms with Crippen molar-refractivity contribution in [2.75, 3.05) is 20.1 Å². The van der Waals surface area contributed by atoms with Crippen LogP contribution in [0.1, 0.15) is 35.6 Å². The summed E-state index contributed by atoms with van der Waals surface area (Å²) in [5, 5.41) is 1.21. The zero-order valence-corrected chi connectivity index (χ0v) is 10.7. The van der Waals surface area contributed by atoms with E-state index in [4.69, 9.17) is 0 Å². The van der Waals surface area contributed by atoms with Crippen molar-refractivity contribution in [2.24, 2.45) is 0 Å². The van der Waals surface area contributed by atoms with Crippen LogP contribution < -0.4 is 0 Å². The lowest BCUT2D eigenvalue weighted by atomic mass is 9.99. The van der Waals surface area contributed by atoms with Crippen molar-refractivity contribution in [3.63, 3.8) is 0 Å². The summed E-state index contributed by atoms with van der Waals surface area (Å²) in [4.78, 5) is 19.0.